The molecule has 1 aliphatic heterocycles. The normalized spacial score (nSPS) is 20.4. The van der Waals surface area contributed by atoms with Gasteiger partial charge in [-0.3, -0.25) is 14.3 Å². The summed E-state index contributed by atoms with van der Waals surface area (Å²) in [4.78, 5) is 23.5. The molecule has 2 aromatic heterocycles. The van der Waals surface area contributed by atoms with Crippen molar-refractivity contribution in [3.63, 3.8) is 0 Å². The highest BCUT2D eigenvalue weighted by molar-refractivity contribution is 5.76. The number of nitrogen functional groups attached to an aromatic ring is 1. The van der Waals surface area contributed by atoms with Gasteiger partial charge in [0.05, 0.1) is 24.1 Å². The molecule has 4 aromatic rings. The Labute approximate surface area is 192 Å². The number of ether oxygens (including phenoxy) is 1. The van der Waals surface area contributed by atoms with E-state index in [2.05, 4.69) is 30.5 Å². The van der Waals surface area contributed by atoms with E-state index in [1.165, 1.54) is 0 Å². The van der Waals surface area contributed by atoms with Gasteiger partial charge in [-0.2, -0.15) is 15.2 Å². The molecular weight excluding hydrogens is 440 g/mol. The quantitative estimate of drug-likeness (QED) is 0.271. The lowest BCUT2D eigenvalue weighted by atomic mass is 10.2. The minimum Gasteiger partial charge on any atom is -0.394 e. The number of nitrogens with one attached hydrogen (secondary N) is 2. The number of imidazole rings is 1. The van der Waals surface area contributed by atoms with E-state index in [0.717, 1.165) is 5.69 Å². The van der Waals surface area contributed by atoms with Crippen LogP contribution in [0.15, 0.2) is 69.6 Å². The molecule has 2 aromatic carbocycles. The minimum absolute atomic E-state index is 0.0653. The van der Waals surface area contributed by atoms with Crippen LogP contribution in [0.25, 0.3) is 11.2 Å². The Morgan fingerprint density at radius 3 is 2.50 bits per heavy atom. The van der Waals surface area contributed by atoms with E-state index < -0.39 is 24.0 Å². The van der Waals surface area contributed by atoms with Crippen molar-refractivity contribution in [3.05, 3.63) is 65.0 Å². The Kier molecular flexibility index (Phi) is 5.76. The molecular formula is C22H22N8O4. The summed E-state index contributed by atoms with van der Waals surface area (Å²) in [5.41, 5.74) is 7.57. The molecule has 34 heavy (non-hydrogen) atoms. The summed E-state index contributed by atoms with van der Waals surface area (Å²) >= 11 is 0. The van der Waals surface area contributed by atoms with Crippen molar-refractivity contribution in [3.8, 4) is 0 Å². The van der Waals surface area contributed by atoms with Crippen molar-refractivity contribution in [2.45, 2.75) is 24.9 Å². The predicted octanol–water partition coefficient (Wildman–Crippen LogP) is 2.50. The zero-order valence-corrected chi connectivity index (χ0v) is 17.9. The molecule has 174 valence electrons. The van der Waals surface area contributed by atoms with Crippen molar-refractivity contribution in [1.29, 1.82) is 0 Å². The number of hydrogen-bond acceptors (Lipinski definition) is 10. The summed E-state index contributed by atoms with van der Waals surface area (Å²) in [7, 11) is 0. The standard InChI is InChI=1S/C22H22N8O4/c23-21-26-19-18(20(33)27-21)25-22(30(19)17-10-15(32)16(11-31)34-17)24-12-6-8-14(9-7-12)29-28-13-4-2-1-3-5-13/h1-9,15-17,31-32H,10-11H2,(H,24,25)(H3,23,26,27,33)/t15-,16+,17+/m0/s1. The lowest BCUT2D eigenvalue weighted by Gasteiger charge is -2.17. The van der Waals surface area contributed by atoms with Crippen LogP contribution in [0.2, 0.25) is 0 Å². The minimum atomic E-state index is -0.881. The summed E-state index contributed by atoms with van der Waals surface area (Å²) in [6.07, 6.45) is -2.18. The Bertz CT molecular complexity index is 1380. The molecule has 0 radical (unpaired) electrons. The van der Waals surface area contributed by atoms with Crippen molar-refractivity contribution < 1.29 is 14.9 Å². The van der Waals surface area contributed by atoms with Crippen LogP contribution in [-0.4, -0.2) is 48.5 Å². The van der Waals surface area contributed by atoms with Gasteiger partial charge >= 0.3 is 0 Å². The number of hydrogen-bond donors (Lipinski definition) is 5. The first-order chi connectivity index (χ1) is 16.5. The molecule has 1 saturated heterocycles. The average Bonchev–Trinajstić information content (AvgIpc) is 3.38. The molecule has 0 spiro atoms. The first-order valence-corrected chi connectivity index (χ1v) is 10.6. The van der Waals surface area contributed by atoms with Gasteiger partial charge in [-0.05, 0) is 36.4 Å². The predicted molar refractivity (Wildman–Crippen MR) is 125 cm³/mol. The van der Waals surface area contributed by atoms with Crippen LogP contribution < -0.4 is 16.6 Å². The Morgan fingerprint density at radius 2 is 1.82 bits per heavy atom. The van der Waals surface area contributed by atoms with Gasteiger partial charge in [-0.25, -0.2) is 4.98 Å². The maximum absolute atomic E-state index is 12.4. The number of nitrogens with two attached hydrogens (primary N) is 1. The van der Waals surface area contributed by atoms with E-state index in [1.54, 1.807) is 28.8 Å². The zero-order valence-electron chi connectivity index (χ0n) is 17.9. The van der Waals surface area contributed by atoms with Crippen LogP contribution in [0, 0.1) is 0 Å². The van der Waals surface area contributed by atoms with Crippen LogP contribution in [-0.2, 0) is 4.74 Å². The number of nitrogens with zero attached hydrogens (tertiary/aromatic N) is 5. The Hall–Kier alpha value is -4.13. The third-order valence-electron chi connectivity index (χ3n) is 5.40. The lowest BCUT2D eigenvalue weighted by Crippen LogP contribution is -2.24. The fourth-order valence-corrected chi connectivity index (χ4v) is 3.75. The van der Waals surface area contributed by atoms with Gasteiger partial charge in [0.15, 0.2) is 11.2 Å². The van der Waals surface area contributed by atoms with Crippen LogP contribution in [0.4, 0.5) is 29.0 Å². The highest BCUT2D eigenvalue weighted by atomic mass is 16.5. The number of rotatable bonds is 6. The number of aliphatic hydroxyl groups is 2. The first-order valence-electron chi connectivity index (χ1n) is 10.6. The topological polar surface area (TPSA) is 176 Å². The average molecular weight is 462 g/mol. The van der Waals surface area contributed by atoms with Gasteiger partial charge in [0.1, 0.15) is 12.3 Å². The molecule has 0 aliphatic carbocycles. The first kappa shape index (κ1) is 21.7. The Morgan fingerprint density at radius 1 is 1.12 bits per heavy atom. The van der Waals surface area contributed by atoms with Crippen molar-refractivity contribution in [2.75, 3.05) is 17.7 Å². The molecule has 5 rings (SSSR count). The van der Waals surface area contributed by atoms with Gasteiger partial charge in [0.25, 0.3) is 5.56 Å². The van der Waals surface area contributed by atoms with Gasteiger partial charge in [-0.1, -0.05) is 18.2 Å². The smallest absolute Gasteiger partial charge is 0.280 e. The van der Waals surface area contributed by atoms with Gasteiger partial charge in [0, 0.05) is 12.1 Å². The number of azo groups is 1. The highest BCUT2D eigenvalue weighted by Gasteiger charge is 2.37. The van der Waals surface area contributed by atoms with Crippen LogP contribution in [0.5, 0.6) is 0 Å². The summed E-state index contributed by atoms with van der Waals surface area (Å²) in [5, 5.41) is 31.3. The second kappa shape index (κ2) is 9.02. The SMILES string of the molecule is Nc1nc2c(nc(Nc3ccc(N=Nc4ccccc4)cc3)n2[C@H]2C[C@H](O)[C@@H](CO)O2)c(=O)[nH]1. The molecule has 12 heteroatoms. The second-order valence-electron chi connectivity index (χ2n) is 7.75. The van der Waals surface area contributed by atoms with E-state index in [1.807, 2.05) is 30.3 Å². The number of H-pyrrole nitrogens is 1. The number of aromatic nitrogens is 4. The Balaban J connectivity index is 1.46. The molecule has 1 fully saturated rings. The van der Waals surface area contributed by atoms with Crippen LogP contribution >= 0.6 is 0 Å². The molecule has 0 unspecified atom stereocenters. The summed E-state index contributed by atoms with van der Waals surface area (Å²) in [6, 6.07) is 16.5. The molecule has 1 aliphatic rings. The molecule has 6 N–H and O–H groups in total. The van der Waals surface area contributed by atoms with Gasteiger partial charge in [-0.15, -0.1) is 0 Å². The number of aliphatic hydroxyl groups excluding tert-OH is 2. The number of fused-ring (bicyclic) bond motifs is 1. The molecule has 0 saturated carbocycles. The largest absolute Gasteiger partial charge is 0.394 e. The lowest BCUT2D eigenvalue weighted by molar-refractivity contribution is -0.0425. The maximum Gasteiger partial charge on any atom is 0.280 e. The molecule has 0 bridgehead atoms. The van der Waals surface area contributed by atoms with Crippen molar-refractivity contribution in [1.82, 2.24) is 19.5 Å². The van der Waals surface area contributed by atoms with E-state index in [4.69, 9.17) is 10.5 Å². The molecule has 0 amide bonds. The summed E-state index contributed by atoms with van der Waals surface area (Å²) in [5.74, 6) is 0.198. The van der Waals surface area contributed by atoms with E-state index >= 15 is 0 Å². The molecule has 12 nitrogen and oxygen atoms in total. The van der Waals surface area contributed by atoms with Crippen LogP contribution in [0.3, 0.4) is 0 Å². The number of benzene rings is 2. The third kappa shape index (κ3) is 4.24. The number of aromatic amines is 1. The zero-order chi connectivity index (χ0) is 23.7. The van der Waals surface area contributed by atoms with Gasteiger partial charge < -0.3 is 26.0 Å². The maximum atomic E-state index is 12.4. The van der Waals surface area contributed by atoms with E-state index in [0.29, 0.717) is 11.4 Å². The van der Waals surface area contributed by atoms with E-state index in [-0.39, 0.29) is 36.1 Å². The fourth-order valence-electron chi connectivity index (χ4n) is 3.75. The van der Waals surface area contributed by atoms with E-state index in [9.17, 15) is 15.0 Å². The van der Waals surface area contributed by atoms with Crippen molar-refractivity contribution in [2.24, 2.45) is 10.2 Å². The third-order valence-corrected chi connectivity index (χ3v) is 5.40. The van der Waals surface area contributed by atoms with Crippen molar-refractivity contribution >= 4 is 40.1 Å². The van der Waals surface area contributed by atoms with Crippen LogP contribution in [0.1, 0.15) is 12.6 Å². The highest BCUT2D eigenvalue weighted by Crippen LogP contribution is 2.34. The number of anilines is 3. The summed E-state index contributed by atoms with van der Waals surface area (Å²) in [6.45, 7) is -0.345. The van der Waals surface area contributed by atoms with Gasteiger partial charge in [0.2, 0.25) is 11.9 Å². The fraction of sp³-hybridized carbons (Fsp3) is 0.227. The monoisotopic (exact) mass is 462 g/mol. The molecule has 3 atom stereocenters. The molecule has 3 heterocycles. The summed E-state index contributed by atoms with van der Waals surface area (Å²) < 4.78 is 7.35. The second-order valence-corrected chi connectivity index (χ2v) is 7.75.